The largest absolute Gasteiger partial charge is 0.269 e. The van der Waals surface area contributed by atoms with Gasteiger partial charge in [-0.2, -0.15) is 0 Å². The standard InChI is InChI=1S/C18H11Cl2N3O2/c1-9(23-17(24)10-5-2-3-6-11(10)18(23)25)14-16(20)22-15-12(19)7-4-8-13(15)21-14/h2-9H,1H3/t9-/m0/s1. The first-order valence-corrected chi connectivity index (χ1v) is 8.33. The highest BCUT2D eigenvalue weighted by Crippen LogP contribution is 2.34. The summed E-state index contributed by atoms with van der Waals surface area (Å²) in [7, 11) is 0. The third kappa shape index (κ3) is 2.39. The van der Waals surface area contributed by atoms with Crippen molar-refractivity contribution in [1.82, 2.24) is 14.9 Å². The monoisotopic (exact) mass is 371 g/mol. The van der Waals surface area contributed by atoms with Crippen LogP contribution in [0.5, 0.6) is 0 Å². The van der Waals surface area contributed by atoms with E-state index in [1.165, 1.54) is 0 Å². The van der Waals surface area contributed by atoms with Crippen LogP contribution in [0.4, 0.5) is 0 Å². The summed E-state index contributed by atoms with van der Waals surface area (Å²) in [5.41, 5.74) is 2.15. The summed E-state index contributed by atoms with van der Waals surface area (Å²) in [4.78, 5) is 35.2. The lowest BCUT2D eigenvalue weighted by molar-refractivity contribution is 0.0592. The van der Waals surface area contributed by atoms with Crippen LogP contribution in [0, 0.1) is 0 Å². The summed E-state index contributed by atoms with van der Waals surface area (Å²) < 4.78 is 0. The number of hydrogen-bond donors (Lipinski definition) is 0. The van der Waals surface area contributed by atoms with E-state index in [0.717, 1.165) is 4.90 Å². The maximum atomic E-state index is 12.6. The van der Waals surface area contributed by atoms with Gasteiger partial charge < -0.3 is 0 Å². The Bertz CT molecular complexity index is 1020. The van der Waals surface area contributed by atoms with Gasteiger partial charge in [0.05, 0.1) is 27.7 Å². The van der Waals surface area contributed by atoms with Gasteiger partial charge in [0.15, 0.2) is 5.15 Å². The van der Waals surface area contributed by atoms with E-state index < -0.39 is 6.04 Å². The lowest BCUT2D eigenvalue weighted by Crippen LogP contribution is -2.33. The van der Waals surface area contributed by atoms with Gasteiger partial charge >= 0.3 is 0 Å². The number of carbonyl (C=O) groups excluding carboxylic acids is 2. The highest BCUT2D eigenvalue weighted by atomic mass is 35.5. The van der Waals surface area contributed by atoms with Gasteiger partial charge in [0.25, 0.3) is 11.8 Å². The molecule has 0 saturated carbocycles. The molecule has 2 amide bonds. The Morgan fingerprint density at radius 2 is 1.56 bits per heavy atom. The summed E-state index contributed by atoms with van der Waals surface area (Å²) in [5.74, 6) is -0.727. The van der Waals surface area contributed by atoms with Gasteiger partial charge in [-0.3, -0.25) is 14.5 Å². The van der Waals surface area contributed by atoms with Crippen molar-refractivity contribution in [3.63, 3.8) is 0 Å². The van der Waals surface area contributed by atoms with Crippen molar-refractivity contribution in [2.45, 2.75) is 13.0 Å². The molecule has 2 aromatic carbocycles. The minimum absolute atomic E-state index is 0.115. The molecule has 0 unspecified atom stereocenters. The molecule has 4 rings (SSSR count). The van der Waals surface area contributed by atoms with E-state index in [4.69, 9.17) is 23.2 Å². The lowest BCUT2D eigenvalue weighted by Gasteiger charge is -2.22. The number of carbonyl (C=O) groups is 2. The van der Waals surface area contributed by atoms with E-state index in [-0.39, 0.29) is 17.0 Å². The Kier molecular flexibility index (Phi) is 3.71. The van der Waals surface area contributed by atoms with Gasteiger partial charge in [-0.1, -0.05) is 41.4 Å². The molecule has 3 aromatic rings. The molecule has 1 aromatic heterocycles. The maximum absolute atomic E-state index is 12.6. The van der Waals surface area contributed by atoms with Crippen molar-refractivity contribution in [1.29, 1.82) is 0 Å². The zero-order chi connectivity index (χ0) is 17.7. The molecular formula is C18H11Cl2N3O2. The summed E-state index contributed by atoms with van der Waals surface area (Å²) >= 11 is 12.4. The fourth-order valence-electron chi connectivity index (χ4n) is 2.98. The molecule has 0 saturated heterocycles. The predicted octanol–water partition coefficient (Wildman–Crippen LogP) is 4.29. The smallest absolute Gasteiger partial charge is 0.262 e. The van der Waals surface area contributed by atoms with Crippen molar-refractivity contribution in [2.24, 2.45) is 0 Å². The Hall–Kier alpha value is -2.50. The van der Waals surface area contributed by atoms with E-state index in [2.05, 4.69) is 9.97 Å². The first kappa shape index (κ1) is 16.0. The maximum Gasteiger partial charge on any atom is 0.262 e. The van der Waals surface area contributed by atoms with Crippen LogP contribution in [-0.2, 0) is 0 Å². The van der Waals surface area contributed by atoms with Gasteiger partial charge in [-0.25, -0.2) is 9.97 Å². The van der Waals surface area contributed by atoms with Crippen LogP contribution in [0.3, 0.4) is 0 Å². The van der Waals surface area contributed by atoms with E-state index in [1.54, 1.807) is 49.4 Å². The molecule has 25 heavy (non-hydrogen) atoms. The van der Waals surface area contributed by atoms with Crippen LogP contribution in [-0.4, -0.2) is 26.7 Å². The molecule has 0 spiro atoms. The molecule has 1 aliphatic rings. The second kappa shape index (κ2) is 5.79. The number of rotatable bonds is 2. The molecule has 0 fully saturated rings. The van der Waals surface area contributed by atoms with Crippen molar-refractivity contribution in [2.75, 3.05) is 0 Å². The highest BCUT2D eigenvalue weighted by Gasteiger charge is 2.39. The van der Waals surface area contributed by atoms with Crippen molar-refractivity contribution < 1.29 is 9.59 Å². The first-order valence-electron chi connectivity index (χ1n) is 7.57. The SMILES string of the molecule is C[C@@H](c1nc2cccc(Cl)c2nc1Cl)N1C(=O)c2ccccc2C1=O. The normalized spacial score (nSPS) is 14.9. The summed E-state index contributed by atoms with van der Waals surface area (Å²) in [6, 6.07) is 11.3. The number of hydrogen-bond acceptors (Lipinski definition) is 4. The fraction of sp³-hybridized carbons (Fsp3) is 0.111. The Labute approximate surface area is 153 Å². The van der Waals surface area contributed by atoms with Crippen molar-refractivity contribution in [3.05, 3.63) is 69.5 Å². The Morgan fingerprint density at radius 3 is 2.20 bits per heavy atom. The van der Waals surface area contributed by atoms with E-state index in [0.29, 0.717) is 32.9 Å². The number of fused-ring (bicyclic) bond motifs is 2. The zero-order valence-electron chi connectivity index (χ0n) is 13.0. The van der Waals surface area contributed by atoms with Crippen LogP contribution in [0.15, 0.2) is 42.5 Å². The average Bonchev–Trinajstić information content (AvgIpc) is 2.86. The summed E-state index contributed by atoms with van der Waals surface area (Å²) in [6.07, 6.45) is 0. The van der Waals surface area contributed by atoms with Gasteiger partial charge in [-0.15, -0.1) is 0 Å². The van der Waals surface area contributed by atoms with Crippen molar-refractivity contribution >= 4 is 46.0 Å². The van der Waals surface area contributed by atoms with Gasteiger partial charge in [0.2, 0.25) is 0 Å². The molecule has 0 bridgehead atoms. The number of nitrogens with zero attached hydrogens (tertiary/aromatic N) is 3. The second-order valence-corrected chi connectivity index (χ2v) is 6.47. The van der Waals surface area contributed by atoms with Crippen LogP contribution in [0.1, 0.15) is 39.4 Å². The minimum Gasteiger partial charge on any atom is -0.269 e. The van der Waals surface area contributed by atoms with E-state index >= 15 is 0 Å². The van der Waals surface area contributed by atoms with Gasteiger partial charge in [0, 0.05) is 0 Å². The zero-order valence-corrected chi connectivity index (χ0v) is 14.5. The lowest BCUT2D eigenvalue weighted by atomic mass is 10.1. The Morgan fingerprint density at radius 1 is 0.920 bits per heavy atom. The minimum atomic E-state index is -0.657. The molecule has 0 N–H and O–H groups in total. The molecule has 7 heteroatoms. The molecule has 124 valence electrons. The molecule has 5 nitrogen and oxygen atoms in total. The van der Waals surface area contributed by atoms with Crippen LogP contribution in [0.25, 0.3) is 11.0 Å². The summed E-state index contributed by atoms with van der Waals surface area (Å²) in [5, 5.41) is 0.552. The van der Waals surface area contributed by atoms with Crippen molar-refractivity contribution in [3.8, 4) is 0 Å². The molecule has 1 aliphatic heterocycles. The molecular weight excluding hydrogens is 361 g/mol. The average molecular weight is 372 g/mol. The predicted molar refractivity (Wildman–Crippen MR) is 94.9 cm³/mol. The van der Waals surface area contributed by atoms with Crippen LogP contribution in [0.2, 0.25) is 10.2 Å². The Balaban J connectivity index is 1.81. The number of benzene rings is 2. The third-order valence-corrected chi connectivity index (χ3v) is 4.82. The van der Waals surface area contributed by atoms with E-state index in [1.807, 2.05) is 0 Å². The third-order valence-electron chi connectivity index (χ3n) is 4.24. The number of para-hydroxylation sites is 1. The number of halogens is 2. The van der Waals surface area contributed by atoms with E-state index in [9.17, 15) is 9.59 Å². The van der Waals surface area contributed by atoms with Crippen LogP contribution < -0.4 is 0 Å². The van der Waals surface area contributed by atoms with Crippen LogP contribution >= 0.6 is 23.2 Å². The van der Waals surface area contributed by atoms with Gasteiger partial charge in [-0.05, 0) is 31.2 Å². The molecule has 1 atom stereocenters. The topological polar surface area (TPSA) is 63.2 Å². The number of amides is 2. The number of aromatic nitrogens is 2. The number of imide groups is 1. The quantitative estimate of drug-likeness (QED) is 0.630. The fourth-order valence-corrected chi connectivity index (χ4v) is 3.48. The molecule has 0 radical (unpaired) electrons. The second-order valence-electron chi connectivity index (χ2n) is 5.71. The molecule has 0 aliphatic carbocycles. The highest BCUT2D eigenvalue weighted by molar-refractivity contribution is 6.35. The van der Waals surface area contributed by atoms with Gasteiger partial charge in [0.1, 0.15) is 11.2 Å². The first-order chi connectivity index (χ1) is 12.0. The molecule has 2 heterocycles. The summed E-state index contributed by atoms with van der Waals surface area (Å²) in [6.45, 7) is 1.70.